The molecular weight excluding hydrogens is 404 g/mol. The fourth-order valence-electron chi connectivity index (χ4n) is 2.57. The van der Waals surface area contributed by atoms with Gasteiger partial charge in [0.25, 0.3) is 0 Å². The van der Waals surface area contributed by atoms with Crippen molar-refractivity contribution in [2.45, 2.75) is 24.9 Å². The summed E-state index contributed by atoms with van der Waals surface area (Å²) in [6, 6.07) is -0.596. The average Bonchev–Trinajstić information content (AvgIpc) is 2.66. The van der Waals surface area contributed by atoms with Gasteiger partial charge in [0.1, 0.15) is 11.7 Å². The molecule has 0 saturated heterocycles. The Bertz CT molecular complexity index is 1030. The normalized spacial score (nSPS) is 18.5. The summed E-state index contributed by atoms with van der Waals surface area (Å²) < 4.78 is 4.48. The first-order valence-corrected chi connectivity index (χ1v) is 8.33. The largest absolute Gasteiger partial charge is 0.480 e. The lowest BCUT2D eigenvalue weighted by molar-refractivity contribution is -0.140. The van der Waals surface area contributed by atoms with E-state index in [1.807, 2.05) is 0 Å². The van der Waals surface area contributed by atoms with E-state index in [1.54, 1.807) is 0 Å². The van der Waals surface area contributed by atoms with Crippen molar-refractivity contribution in [1.82, 2.24) is 5.32 Å². The van der Waals surface area contributed by atoms with Crippen molar-refractivity contribution in [3.63, 3.8) is 0 Å². The van der Waals surface area contributed by atoms with Crippen LogP contribution in [0.25, 0.3) is 0 Å². The topological polar surface area (TPSA) is 204 Å². The van der Waals surface area contributed by atoms with Crippen molar-refractivity contribution in [1.29, 1.82) is 0 Å². The van der Waals surface area contributed by atoms with Gasteiger partial charge in [0.2, 0.25) is 5.76 Å². The number of carboxylic acids is 4. The highest BCUT2D eigenvalue weighted by molar-refractivity contribution is 5.90. The Morgan fingerprint density at radius 1 is 1.17 bits per heavy atom. The summed E-state index contributed by atoms with van der Waals surface area (Å²) in [5, 5.41) is 38.7. The van der Waals surface area contributed by atoms with Crippen LogP contribution >= 0.6 is 0 Å². The lowest BCUT2D eigenvalue weighted by Gasteiger charge is -2.21. The molecule has 1 aliphatic rings. The number of aromatic carboxylic acids is 1. The molecule has 0 aromatic carbocycles. The fraction of sp³-hybridized carbons (Fsp3) is 0.222. The summed E-state index contributed by atoms with van der Waals surface area (Å²) >= 11 is 0. The standard InChI is InChI=1S/C18H16N2O10/c21-14-7-9(6-13(30-14)18(28)29)5-10(15(22)23)19-2-1-8-3-11(16(24)25)20-12(4-8)17(26)27/h1-3,6-7,10,12,20H,4-5H2,(H,22,23)(H,24,25)(H,26,27)(H,28,29)/b8-1-,19-2?. The number of nitrogens with zero attached hydrogens (tertiary/aromatic N) is 1. The molecule has 0 radical (unpaired) electrons. The number of aliphatic imine (C=N–C) groups is 1. The molecule has 12 heteroatoms. The van der Waals surface area contributed by atoms with Gasteiger partial charge in [0.15, 0.2) is 6.04 Å². The summed E-state index contributed by atoms with van der Waals surface area (Å²) in [6.45, 7) is 0. The zero-order valence-electron chi connectivity index (χ0n) is 15.1. The van der Waals surface area contributed by atoms with Gasteiger partial charge in [-0.05, 0) is 29.4 Å². The Balaban J connectivity index is 2.24. The minimum absolute atomic E-state index is 0.0580. The minimum Gasteiger partial charge on any atom is -0.480 e. The van der Waals surface area contributed by atoms with E-state index in [-0.39, 0.29) is 24.1 Å². The molecule has 0 spiro atoms. The van der Waals surface area contributed by atoms with E-state index in [1.165, 1.54) is 12.2 Å². The van der Waals surface area contributed by atoms with Gasteiger partial charge in [-0.15, -0.1) is 0 Å². The van der Waals surface area contributed by atoms with E-state index in [9.17, 15) is 29.1 Å². The van der Waals surface area contributed by atoms with Crippen LogP contribution in [0.5, 0.6) is 0 Å². The van der Waals surface area contributed by atoms with Crippen molar-refractivity contribution in [3.8, 4) is 0 Å². The van der Waals surface area contributed by atoms with Gasteiger partial charge in [-0.2, -0.15) is 0 Å². The second kappa shape index (κ2) is 9.32. The maximum atomic E-state index is 11.4. The molecule has 0 aliphatic carbocycles. The molecule has 5 N–H and O–H groups in total. The van der Waals surface area contributed by atoms with Gasteiger partial charge < -0.3 is 30.2 Å². The van der Waals surface area contributed by atoms with Gasteiger partial charge in [0, 0.05) is 25.1 Å². The second-order valence-corrected chi connectivity index (χ2v) is 6.15. The van der Waals surface area contributed by atoms with Crippen molar-refractivity contribution in [2.75, 3.05) is 0 Å². The molecular formula is C18H16N2O10. The van der Waals surface area contributed by atoms with Crippen LogP contribution in [-0.4, -0.2) is 62.6 Å². The van der Waals surface area contributed by atoms with Gasteiger partial charge in [-0.3, -0.25) is 4.99 Å². The molecule has 0 saturated carbocycles. The molecule has 2 atom stereocenters. The average molecular weight is 420 g/mol. The second-order valence-electron chi connectivity index (χ2n) is 6.15. The van der Waals surface area contributed by atoms with E-state index < -0.39 is 47.3 Å². The molecule has 30 heavy (non-hydrogen) atoms. The number of hydrogen-bond donors (Lipinski definition) is 5. The van der Waals surface area contributed by atoms with Gasteiger partial charge >= 0.3 is 29.5 Å². The summed E-state index contributed by atoms with van der Waals surface area (Å²) in [6.07, 6.45) is 3.19. The highest BCUT2D eigenvalue weighted by atomic mass is 16.4. The first-order chi connectivity index (χ1) is 14.1. The Labute approximate surface area is 167 Å². The number of aliphatic carboxylic acids is 3. The maximum absolute atomic E-state index is 11.4. The highest BCUT2D eigenvalue weighted by Gasteiger charge is 2.26. The van der Waals surface area contributed by atoms with Crippen LogP contribution < -0.4 is 10.9 Å². The third kappa shape index (κ3) is 5.89. The predicted octanol–water partition coefficient (Wildman–Crippen LogP) is -0.254. The summed E-state index contributed by atoms with van der Waals surface area (Å²) in [7, 11) is 0. The van der Waals surface area contributed by atoms with E-state index in [0.29, 0.717) is 5.57 Å². The molecule has 2 heterocycles. The molecule has 12 nitrogen and oxygen atoms in total. The maximum Gasteiger partial charge on any atom is 0.371 e. The summed E-state index contributed by atoms with van der Waals surface area (Å²) in [4.78, 5) is 59.9. The number of carbonyl (C=O) groups is 4. The van der Waals surface area contributed by atoms with Gasteiger partial charge in [0.05, 0.1) is 0 Å². The van der Waals surface area contributed by atoms with Crippen molar-refractivity contribution < 1.29 is 44.0 Å². The van der Waals surface area contributed by atoms with Crippen LogP contribution in [0.2, 0.25) is 0 Å². The van der Waals surface area contributed by atoms with Crippen LogP contribution in [-0.2, 0) is 20.8 Å². The molecule has 2 unspecified atom stereocenters. The number of rotatable bonds is 8. The molecule has 2 rings (SSSR count). The minimum atomic E-state index is -1.49. The third-order valence-corrected chi connectivity index (χ3v) is 3.94. The van der Waals surface area contributed by atoms with Gasteiger partial charge in [-0.25, -0.2) is 24.0 Å². The monoisotopic (exact) mass is 420 g/mol. The van der Waals surface area contributed by atoms with Crippen molar-refractivity contribution in [3.05, 3.63) is 57.3 Å². The molecule has 1 aromatic heterocycles. The summed E-state index contributed by atoms with van der Waals surface area (Å²) in [5.41, 5.74) is -0.914. The fourth-order valence-corrected chi connectivity index (χ4v) is 2.57. The molecule has 0 fully saturated rings. The number of nitrogens with one attached hydrogen (secondary N) is 1. The van der Waals surface area contributed by atoms with Crippen molar-refractivity contribution in [2.24, 2.45) is 4.99 Å². The van der Waals surface area contributed by atoms with Crippen molar-refractivity contribution >= 4 is 30.1 Å². The van der Waals surface area contributed by atoms with Crippen LogP contribution in [0.3, 0.4) is 0 Å². The lowest BCUT2D eigenvalue weighted by atomic mass is 10.00. The van der Waals surface area contributed by atoms with E-state index in [0.717, 1.165) is 18.3 Å². The molecule has 1 aromatic rings. The van der Waals surface area contributed by atoms with E-state index in [4.69, 9.17) is 15.3 Å². The van der Waals surface area contributed by atoms with E-state index >= 15 is 0 Å². The third-order valence-electron chi connectivity index (χ3n) is 3.94. The first-order valence-electron chi connectivity index (χ1n) is 8.33. The number of allylic oxidation sites excluding steroid dienone is 2. The Morgan fingerprint density at radius 2 is 1.87 bits per heavy atom. The Hall–Kier alpha value is -4.22. The van der Waals surface area contributed by atoms with Gasteiger partial charge in [-0.1, -0.05) is 0 Å². The Morgan fingerprint density at radius 3 is 2.43 bits per heavy atom. The van der Waals surface area contributed by atoms with Crippen LogP contribution in [0.4, 0.5) is 0 Å². The van der Waals surface area contributed by atoms with Crippen LogP contribution in [0.15, 0.2) is 49.8 Å². The zero-order valence-corrected chi connectivity index (χ0v) is 15.1. The summed E-state index contributed by atoms with van der Waals surface area (Å²) in [5.74, 6) is -6.11. The Kier molecular flexibility index (Phi) is 6.86. The molecule has 0 amide bonds. The predicted molar refractivity (Wildman–Crippen MR) is 98.5 cm³/mol. The molecule has 158 valence electrons. The lowest BCUT2D eigenvalue weighted by Crippen LogP contribution is -2.41. The smallest absolute Gasteiger partial charge is 0.371 e. The number of hydrogen-bond acceptors (Lipinski definition) is 8. The molecule has 0 bridgehead atoms. The SMILES string of the molecule is O=C(O)C1=C/C(=C/C=NC(Cc2cc(C(=O)O)oc(=O)c2)C(=O)O)CC(C(=O)O)N1. The number of carboxylic acid groups (broad SMARTS) is 4. The van der Waals surface area contributed by atoms with E-state index in [2.05, 4.69) is 14.7 Å². The quantitative estimate of drug-likeness (QED) is 0.347. The van der Waals surface area contributed by atoms with Crippen LogP contribution in [0, 0.1) is 0 Å². The van der Waals surface area contributed by atoms with Crippen LogP contribution in [0.1, 0.15) is 22.5 Å². The molecule has 1 aliphatic heterocycles. The highest BCUT2D eigenvalue weighted by Crippen LogP contribution is 2.16. The first kappa shape index (κ1) is 22.1. The zero-order chi connectivity index (χ0) is 22.4.